The van der Waals surface area contributed by atoms with Crippen LogP contribution in [0.3, 0.4) is 0 Å². The number of benzene rings is 1. The highest BCUT2D eigenvalue weighted by Gasteiger charge is 2.22. The van der Waals surface area contributed by atoms with Gasteiger partial charge in [0.15, 0.2) is 11.2 Å². The maximum Gasteiger partial charge on any atom is 0.332 e. The molecule has 0 fully saturated rings. The molecule has 1 aromatic carbocycles. The second-order valence-electron chi connectivity index (χ2n) is 7.61. The van der Waals surface area contributed by atoms with Crippen molar-refractivity contribution in [2.45, 2.75) is 45.9 Å². The molecule has 162 valence electrons. The van der Waals surface area contributed by atoms with E-state index in [1.165, 1.54) is 11.6 Å². The molecule has 0 aliphatic carbocycles. The first kappa shape index (κ1) is 21.6. The standard InChI is InChI=1S/C21H29N5O4/c1-6-14(3)22-20-23-18-17(19(28)25(5)21(29)24(18)4)26(20)11-15(27)12-30-16-10-8-7-9-13(16)2/h7-10,14-15,27H,6,11-12H2,1-5H3,(H,22,23)/t14-,15+/m1/s1. The molecule has 0 amide bonds. The molecule has 0 aliphatic rings. The smallest absolute Gasteiger partial charge is 0.332 e. The quantitative estimate of drug-likeness (QED) is 0.576. The Kier molecular flexibility index (Phi) is 6.31. The van der Waals surface area contributed by atoms with Crippen LogP contribution in [0.4, 0.5) is 5.95 Å². The van der Waals surface area contributed by atoms with Crippen molar-refractivity contribution in [3.8, 4) is 5.75 Å². The number of aromatic nitrogens is 4. The van der Waals surface area contributed by atoms with E-state index < -0.39 is 17.4 Å². The monoisotopic (exact) mass is 415 g/mol. The molecule has 0 spiro atoms. The Labute approximate surface area is 174 Å². The van der Waals surface area contributed by atoms with Crippen molar-refractivity contribution < 1.29 is 9.84 Å². The maximum absolute atomic E-state index is 12.8. The van der Waals surface area contributed by atoms with E-state index in [4.69, 9.17) is 4.74 Å². The van der Waals surface area contributed by atoms with Gasteiger partial charge in [-0.25, -0.2) is 4.79 Å². The van der Waals surface area contributed by atoms with Crippen LogP contribution in [-0.4, -0.2) is 42.5 Å². The number of rotatable bonds is 8. The first-order valence-electron chi connectivity index (χ1n) is 10.0. The fourth-order valence-corrected chi connectivity index (χ4v) is 3.22. The predicted molar refractivity (Wildman–Crippen MR) is 116 cm³/mol. The topological polar surface area (TPSA) is 103 Å². The third-order valence-corrected chi connectivity index (χ3v) is 5.25. The van der Waals surface area contributed by atoms with Crippen LogP contribution in [0, 0.1) is 6.92 Å². The van der Waals surface area contributed by atoms with Gasteiger partial charge in [-0.1, -0.05) is 25.1 Å². The van der Waals surface area contributed by atoms with E-state index in [1.54, 1.807) is 11.6 Å². The fraction of sp³-hybridized carbons (Fsp3) is 0.476. The zero-order chi connectivity index (χ0) is 22.0. The number of imidazole rings is 1. The summed E-state index contributed by atoms with van der Waals surface area (Å²) in [6.45, 7) is 6.11. The minimum Gasteiger partial charge on any atom is -0.491 e. The Morgan fingerprint density at radius 1 is 1.20 bits per heavy atom. The number of aliphatic hydroxyl groups excluding tert-OH is 1. The van der Waals surface area contributed by atoms with Gasteiger partial charge in [0.05, 0.1) is 6.54 Å². The van der Waals surface area contributed by atoms with E-state index in [0.717, 1.165) is 16.6 Å². The van der Waals surface area contributed by atoms with Gasteiger partial charge in [-0.05, 0) is 31.9 Å². The molecule has 9 nitrogen and oxygen atoms in total. The van der Waals surface area contributed by atoms with Gasteiger partial charge in [-0.2, -0.15) is 4.98 Å². The lowest BCUT2D eigenvalue weighted by molar-refractivity contribution is 0.0934. The van der Waals surface area contributed by atoms with Gasteiger partial charge in [0.1, 0.15) is 18.5 Å². The molecule has 2 aromatic heterocycles. The highest BCUT2D eigenvalue weighted by atomic mass is 16.5. The third kappa shape index (κ3) is 4.11. The molecular formula is C21H29N5O4. The molecule has 3 aromatic rings. The van der Waals surface area contributed by atoms with Crippen LogP contribution >= 0.6 is 0 Å². The lowest BCUT2D eigenvalue weighted by Gasteiger charge is -2.18. The minimum atomic E-state index is -0.888. The van der Waals surface area contributed by atoms with Crippen LogP contribution < -0.4 is 21.3 Å². The number of para-hydroxylation sites is 1. The number of aliphatic hydroxyl groups is 1. The van der Waals surface area contributed by atoms with Crippen molar-refractivity contribution in [1.82, 2.24) is 18.7 Å². The molecule has 2 N–H and O–H groups in total. The van der Waals surface area contributed by atoms with Gasteiger partial charge in [0, 0.05) is 20.1 Å². The van der Waals surface area contributed by atoms with Gasteiger partial charge in [0.2, 0.25) is 5.95 Å². The van der Waals surface area contributed by atoms with Crippen LogP contribution in [0.25, 0.3) is 11.2 Å². The summed E-state index contributed by atoms with van der Waals surface area (Å²) in [5, 5.41) is 13.9. The normalized spacial score (nSPS) is 13.4. The number of aryl methyl sites for hydroxylation is 2. The van der Waals surface area contributed by atoms with E-state index in [0.29, 0.717) is 11.7 Å². The summed E-state index contributed by atoms with van der Waals surface area (Å²) in [7, 11) is 3.01. The number of nitrogens with zero attached hydrogens (tertiary/aromatic N) is 4. The van der Waals surface area contributed by atoms with Crippen molar-refractivity contribution in [3.05, 3.63) is 50.7 Å². The first-order chi connectivity index (χ1) is 14.2. The Morgan fingerprint density at radius 2 is 1.90 bits per heavy atom. The van der Waals surface area contributed by atoms with Gasteiger partial charge in [-0.3, -0.25) is 13.9 Å². The summed E-state index contributed by atoms with van der Waals surface area (Å²) in [6.07, 6.45) is -0.0412. The molecule has 0 saturated carbocycles. The molecule has 2 atom stereocenters. The van der Waals surface area contributed by atoms with Crippen LogP contribution in [0.5, 0.6) is 5.75 Å². The molecule has 0 bridgehead atoms. The fourth-order valence-electron chi connectivity index (χ4n) is 3.22. The molecule has 0 saturated heterocycles. The van der Waals surface area contributed by atoms with Gasteiger partial charge in [-0.15, -0.1) is 0 Å². The Balaban J connectivity index is 1.98. The van der Waals surface area contributed by atoms with Crippen molar-refractivity contribution >= 4 is 17.1 Å². The first-order valence-corrected chi connectivity index (χ1v) is 10.0. The average molecular weight is 415 g/mol. The van der Waals surface area contributed by atoms with Crippen LogP contribution in [0.1, 0.15) is 25.8 Å². The lowest BCUT2D eigenvalue weighted by Crippen LogP contribution is -2.38. The molecule has 3 rings (SSSR count). The van der Waals surface area contributed by atoms with E-state index in [9.17, 15) is 14.7 Å². The van der Waals surface area contributed by atoms with Crippen molar-refractivity contribution in [3.63, 3.8) is 0 Å². The summed E-state index contributed by atoms with van der Waals surface area (Å²) in [4.78, 5) is 29.6. The lowest BCUT2D eigenvalue weighted by atomic mass is 10.2. The van der Waals surface area contributed by atoms with Crippen molar-refractivity contribution in [1.29, 1.82) is 0 Å². The molecule has 0 unspecified atom stereocenters. The minimum absolute atomic E-state index is 0.0549. The largest absolute Gasteiger partial charge is 0.491 e. The molecule has 9 heteroatoms. The van der Waals surface area contributed by atoms with Gasteiger partial charge < -0.3 is 19.7 Å². The Hall–Kier alpha value is -3.07. The van der Waals surface area contributed by atoms with E-state index >= 15 is 0 Å². The average Bonchev–Trinajstić information content (AvgIpc) is 3.07. The van der Waals surface area contributed by atoms with Crippen molar-refractivity contribution in [2.24, 2.45) is 14.1 Å². The molecule has 0 radical (unpaired) electrons. The Bertz CT molecular complexity index is 1160. The summed E-state index contributed by atoms with van der Waals surface area (Å²) in [5.74, 6) is 1.14. The zero-order valence-corrected chi connectivity index (χ0v) is 18.0. The van der Waals surface area contributed by atoms with E-state index in [2.05, 4.69) is 10.3 Å². The maximum atomic E-state index is 12.8. The second kappa shape index (κ2) is 8.74. The molecule has 2 heterocycles. The number of hydrogen-bond acceptors (Lipinski definition) is 6. The number of anilines is 1. The van der Waals surface area contributed by atoms with E-state index in [-0.39, 0.29) is 30.4 Å². The summed E-state index contributed by atoms with van der Waals surface area (Å²) in [5.41, 5.74) is 0.613. The Morgan fingerprint density at radius 3 is 2.57 bits per heavy atom. The van der Waals surface area contributed by atoms with Crippen LogP contribution in [-0.2, 0) is 20.6 Å². The number of ether oxygens (including phenoxy) is 1. The SMILES string of the molecule is CC[C@@H](C)Nc1nc2c(c(=O)n(C)c(=O)n2C)n1C[C@H](O)COc1ccccc1C. The number of fused-ring (bicyclic) bond motifs is 1. The van der Waals surface area contributed by atoms with E-state index in [1.807, 2.05) is 45.0 Å². The summed E-state index contributed by atoms with van der Waals surface area (Å²) in [6, 6.07) is 7.67. The zero-order valence-electron chi connectivity index (χ0n) is 18.0. The number of hydrogen-bond donors (Lipinski definition) is 2. The van der Waals surface area contributed by atoms with Crippen LogP contribution in [0.15, 0.2) is 33.9 Å². The molecular weight excluding hydrogens is 386 g/mol. The molecule has 30 heavy (non-hydrogen) atoms. The summed E-state index contributed by atoms with van der Waals surface area (Å²) < 4.78 is 9.77. The third-order valence-electron chi connectivity index (χ3n) is 5.25. The van der Waals surface area contributed by atoms with Gasteiger partial charge in [0.25, 0.3) is 5.56 Å². The van der Waals surface area contributed by atoms with Crippen LogP contribution in [0.2, 0.25) is 0 Å². The predicted octanol–water partition coefficient (Wildman–Crippen LogP) is 1.39. The molecule has 0 aliphatic heterocycles. The summed E-state index contributed by atoms with van der Waals surface area (Å²) >= 11 is 0. The highest BCUT2D eigenvalue weighted by Crippen LogP contribution is 2.19. The highest BCUT2D eigenvalue weighted by molar-refractivity contribution is 5.74. The second-order valence-corrected chi connectivity index (χ2v) is 7.61. The number of nitrogens with one attached hydrogen (secondary N) is 1. The van der Waals surface area contributed by atoms with Gasteiger partial charge >= 0.3 is 5.69 Å². The van der Waals surface area contributed by atoms with Crippen molar-refractivity contribution in [2.75, 3.05) is 11.9 Å².